The first-order chi connectivity index (χ1) is 11.8. The number of amides is 1. The van der Waals surface area contributed by atoms with Gasteiger partial charge in [-0.3, -0.25) is 9.59 Å². The maximum atomic E-state index is 12.4. The van der Waals surface area contributed by atoms with Crippen molar-refractivity contribution in [1.29, 1.82) is 0 Å². The molecule has 1 aliphatic heterocycles. The lowest BCUT2D eigenvalue weighted by molar-refractivity contribution is -0.152. The zero-order chi connectivity index (χ0) is 18.4. The fraction of sp³-hybridized carbons (Fsp3) is 0.500. The fourth-order valence-corrected chi connectivity index (χ4v) is 3.72. The summed E-state index contributed by atoms with van der Waals surface area (Å²) in [6.45, 7) is 0.494. The highest BCUT2D eigenvalue weighted by Crippen LogP contribution is 2.17. The smallest absolute Gasteiger partial charge is 0.321 e. The van der Waals surface area contributed by atoms with Gasteiger partial charge in [-0.1, -0.05) is 11.6 Å². The maximum absolute atomic E-state index is 12.4. The van der Waals surface area contributed by atoms with Crippen molar-refractivity contribution in [3.05, 3.63) is 29.3 Å². The Kier molecular flexibility index (Phi) is 6.80. The summed E-state index contributed by atoms with van der Waals surface area (Å²) in [7, 11) is -2.56. The Balaban J connectivity index is 1.86. The van der Waals surface area contributed by atoms with Gasteiger partial charge in [0.25, 0.3) is 5.91 Å². The van der Waals surface area contributed by atoms with Crippen molar-refractivity contribution in [3.8, 4) is 0 Å². The topological polar surface area (TPSA) is 84.0 Å². The second kappa shape index (κ2) is 8.64. The average molecular weight is 389 g/mol. The molecule has 1 aromatic rings. The van der Waals surface area contributed by atoms with Crippen molar-refractivity contribution >= 4 is 33.5 Å². The highest BCUT2D eigenvalue weighted by atomic mass is 35.5. The molecule has 0 N–H and O–H groups in total. The van der Waals surface area contributed by atoms with E-state index in [1.54, 1.807) is 4.90 Å². The number of carbonyl (C=O) groups is 2. The molecule has 0 spiro atoms. The van der Waals surface area contributed by atoms with Crippen molar-refractivity contribution in [2.24, 2.45) is 0 Å². The molecule has 0 saturated carbocycles. The van der Waals surface area contributed by atoms with Crippen molar-refractivity contribution in [3.63, 3.8) is 0 Å². The van der Waals surface area contributed by atoms with Gasteiger partial charge in [-0.05, 0) is 43.5 Å². The minimum absolute atomic E-state index is 0.0246. The van der Waals surface area contributed by atoms with E-state index in [0.717, 1.165) is 23.6 Å². The number of halogens is 1. The van der Waals surface area contributed by atoms with Gasteiger partial charge in [0, 0.05) is 25.2 Å². The van der Waals surface area contributed by atoms with Gasteiger partial charge in [-0.15, -0.1) is 0 Å². The summed E-state index contributed by atoms with van der Waals surface area (Å²) in [5.74, 6) is -1.03. The van der Waals surface area contributed by atoms with Crippen LogP contribution in [0.2, 0.25) is 5.02 Å². The Hall–Kier alpha value is -1.64. The normalized spacial score (nSPS) is 15.2. The van der Waals surface area contributed by atoms with Crippen molar-refractivity contribution < 1.29 is 22.7 Å². The number of benzene rings is 1. The highest BCUT2D eigenvalue weighted by molar-refractivity contribution is 7.89. The van der Waals surface area contributed by atoms with E-state index in [0.29, 0.717) is 18.1 Å². The van der Waals surface area contributed by atoms with Crippen LogP contribution in [0.5, 0.6) is 0 Å². The van der Waals surface area contributed by atoms with Crippen LogP contribution in [0.15, 0.2) is 29.2 Å². The first-order valence-corrected chi connectivity index (χ1v) is 9.78. The number of likely N-dealkylation sites (tertiary alicyclic amines) is 1. The van der Waals surface area contributed by atoms with Gasteiger partial charge in [-0.25, -0.2) is 8.42 Å². The summed E-state index contributed by atoms with van der Waals surface area (Å²) in [6.07, 6.45) is 2.99. The van der Waals surface area contributed by atoms with Crippen LogP contribution < -0.4 is 0 Å². The molecule has 0 aliphatic carbocycles. The molecule has 1 saturated heterocycles. The van der Waals surface area contributed by atoms with E-state index in [1.807, 2.05) is 0 Å². The number of likely N-dealkylation sites (N-methyl/N-ethyl adjacent to an activating group) is 1. The van der Waals surface area contributed by atoms with Crippen LogP contribution in [0.1, 0.15) is 19.3 Å². The molecule has 1 aromatic carbocycles. The lowest BCUT2D eigenvalue weighted by Gasteiger charge is -2.26. The first kappa shape index (κ1) is 19.7. The molecule has 0 radical (unpaired) electrons. The van der Waals surface area contributed by atoms with E-state index in [4.69, 9.17) is 16.3 Å². The van der Waals surface area contributed by atoms with Crippen LogP contribution in [-0.2, 0) is 24.3 Å². The number of ether oxygens (including phenoxy) is 1. The molecular weight excluding hydrogens is 368 g/mol. The van der Waals surface area contributed by atoms with Gasteiger partial charge < -0.3 is 9.64 Å². The number of sulfonamides is 1. The molecule has 1 fully saturated rings. The van der Waals surface area contributed by atoms with Crippen molar-refractivity contribution in [2.45, 2.75) is 24.2 Å². The monoisotopic (exact) mass is 388 g/mol. The van der Waals surface area contributed by atoms with Crippen LogP contribution in [0, 0.1) is 0 Å². The Morgan fingerprint density at radius 3 is 2.36 bits per heavy atom. The van der Waals surface area contributed by atoms with Crippen LogP contribution in [0.25, 0.3) is 0 Å². The van der Waals surface area contributed by atoms with Gasteiger partial charge in [0.05, 0.1) is 4.90 Å². The lowest BCUT2D eigenvalue weighted by Crippen LogP contribution is -2.39. The fourth-order valence-electron chi connectivity index (χ4n) is 2.48. The van der Waals surface area contributed by atoms with Crippen LogP contribution in [0.3, 0.4) is 0 Å². The van der Waals surface area contributed by atoms with Crippen molar-refractivity contribution in [1.82, 2.24) is 9.21 Å². The van der Waals surface area contributed by atoms with Gasteiger partial charge in [0.1, 0.15) is 6.54 Å². The molecule has 1 aliphatic rings. The number of esters is 1. The first-order valence-electron chi connectivity index (χ1n) is 7.96. The molecule has 0 unspecified atom stereocenters. The molecular formula is C16H21ClN2O5S. The van der Waals surface area contributed by atoms with E-state index >= 15 is 0 Å². The summed E-state index contributed by atoms with van der Waals surface area (Å²) in [4.78, 5) is 25.5. The third-order valence-corrected chi connectivity index (χ3v) is 6.01. The lowest BCUT2D eigenvalue weighted by atomic mass is 10.1. The summed E-state index contributed by atoms with van der Waals surface area (Å²) in [5.41, 5.74) is 0. The van der Waals surface area contributed by atoms with Gasteiger partial charge in [0.2, 0.25) is 10.0 Å². The van der Waals surface area contributed by atoms with Crippen LogP contribution >= 0.6 is 11.6 Å². The molecule has 1 amide bonds. The van der Waals surface area contributed by atoms with Crippen molar-refractivity contribution in [2.75, 3.05) is 33.3 Å². The zero-order valence-electron chi connectivity index (χ0n) is 14.0. The van der Waals surface area contributed by atoms with E-state index in [9.17, 15) is 18.0 Å². The Morgan fingerprint density at radius 1 is 1.16 bits per heavy atom. The second-order valence-electron chi connectivity index (χ2n) is 5.82. The molecule has 25 heavy (non-hydrogen) atoms. The number of hydrogen-bond donors (Lipinski definition) is 0. The van der Waals surface area contributed by atoms with E-state index in [2.05, 4.69) is 0 Å². The number of carbonyl (C=O) groups excluding carboxylic acids is 2. The molecule has 1 heterocycles. The summed E-state index contributed by atoms with van der Waals surface area (Å²) in [6, 6.07) is 5.63. The Labute approximate surface area is 152 Å². The molecule has 0 atom stereocenters. The quantitative estimate of drug-likeness (QED) is 0.690. The third kappa shape index (κ3) is 5.42. The zero-order valence-corrected chi connectivity index (χ0v) is 15.6. The molecule has 0 bridgehead atoms. The molecule has 0 aromatic heterocycles. The molecule has 7 nitrogen and oxygen atoms in total. The second-order valence-corrected chi connectivity index (χ2v) is 8.30. The Morgan fingerprint density at radius 2 is 1.76 bits per heavy atom. The minimum atomic E-state index is -3.83. The number of hydrogen-bond acceptors (Lipinski definition) is 5. The molecule has 9 heteroatoms. The highest BCUT2D eigenvalue weighted by Gasteiger charge is 2.24. The van der Waals surface area contributed by atoms with Crippen LogP contribution in [0.4, 0.5) is 0 Å². The Bertz CT molecular complexity index is 715. The molecule has 138 valence electrons. The summed E-state index contributed by atoms with van der Waals surface area (Å²) < 4.78 is 30.5. The minimum Gasteiger partial charge on any atom is -0.455 e. The number of rotatable bonds is 6. The number of nitrogens with zero attached hydrogens (tertiary/aromatic N) is 2. The summed E-state index contributed by atoms with van der Waals surface area (Å²) >= 11 is 5.74. The van der Waals surface area contributed by atoms with E-state index in [1.165, 1.54) is 31.3 Å². The predicted molar refractivity (Wildman–Crippen MR) is 92.7 cm³/mol. The van der Waals surface area contributed by atoms with Gasteiger partial charge in [-0.2, -0.15) is 4.31 Å². The third-order valence-electron chi connectivity index (χ3n) is 3.94. The predicted octanol–water partition coefficient (Wildman–Crippen LogP) is 1.52. The van der Waals surface area contributed by atoms with Gasteiger partial charge >= 0.3 is 5.97 Å². The number of piperidine rings is 1. The molecule has 2 rings (SSSR count). The van der Waals surface area contributed by atoms with E-state index in [-0.39, 0.29) is 17.4 Å². The largest absolute Gasteiger partial charge is 0.455 e. The standard InChI is InChI=1S/C16H21ClN2O5S/c1-18(25(22,23)14-7-5-13(17)6-8-14)11-16(21)24-12-15(20)19-9-3-2-4-10-19/h5-8H,2-4,9-12H2,1H3. The summed E-state index contributed by atoms with van der Waals surface area (Å²) in [5, 5.41) is 0.414. The van der Waals surface area contributed by atoms with Crippen LogP contribution in [-0.4, -0.2) is 62.8 Å². The van der Waals surface area contributed by atoms with Gasteiger partial charge in [0.15, 0.2) is 6.61 Å². The average Bonchev–Trinajstić information content (AvgIpc) is 2.60. The SMILES string of the molecule is CN(CC(=O)OCC(=O)N1CCCCC1)S(=O)(=O)c1ccc(Cl)cc1. The van der Waals surface area contributed by atoms with E-state index < -0.39 is 22.5 Å². The maximum Gasteiger partial charge on any atom is 0.321 e.